The number of cyclic esters (lactones) is 1. The molecule has 1 rings (SSSR count). The lowest BCUT2D eigenvalue weighted by Crippen LogP contribution is -2.10. The summed E-state index contributed by atoms with van der Waals surface area (Å²) in [6.07, 6.45) is 0. The smallest absolute Gasteiger partial charge is 0.309 e. The molecular formula is C5H8O2S. The predicted octanol–water partition coefficient (Wildman–Crippen LogP) is 0.478. The fourth-order valence-corrected chi connectivity index (χ4v) is 0.797. The predicted molar refractivity (Wildman–Crippen MR) is 32.9 cm³/mol. The van der Waals surface area contributed by atoms with Gasteiger partial charge in [-0.05, 0) is 0 Å². The van der Waals surface area contributed by atoms with Crippen molar-refractivity contribution in [2.75, 3.05) is 6.61 Å². The van der Waals surface area contributed by atoms with Crippen LogP contribution in [0.1, 0.15) is 6.92 Å². The largest absolute Gasteiger partial charge is 0.464 e. The lowest BCUT2D eigenvalue weighted by molar-refractivity contribution is -0.140. The van der Waals surface area contributed by atoms with Gasteiger partial charge in [-0.3, -0.25) is 4.79 Å². The summed E-state index contributed by atoms with van der Waals surface area (Å²) < 4.78 is 4.66. The minimum absolute atomic E-state index is 0.0154. The van der Waals surface area contributed by atoms with Crippen molar-refractivity contribution in [3.05, 3.63) is 0 Å². The topological polar surface area (TPSA) is 26.3 Å². The van der Waals surface area contributed by atoms with Crippen LogP contribution in [0.25, 0.3) is 0 Å². The van der Waals surface area contributed by atoms with Gasteiger partial charge in [0.05, 0.1) is 5.92 Å². The first-order valence-corrected chi connectivity index (χ1v) is 3.08. The summed E-state index contributed by atoms with van der Waals surface area (Å²) in [6.45, 7) is 2.30. The second-order valence-corrected chi connectivity index (χ2v) is 2.65. The second-order valence-electron chi connectivity index (χ2n) is 1.99. The van der Waals surface area contributed by atoms with Gasteiger partial charge in [0.15, 0.2) is 0 Å². The summed E-state index contributed by atoms with van der Waals surface area (Å²) in [6, 6.07) is 0. The third-order valence-electron chi connectivity index (χ3n) is 1.35. The van der Waals surface area contributed by atoms with Gasteiger partial charge >= 0.3 is 5.97 Å². The highest BCUT2D eigenvalue weighted by Crippen LogP contribution is 2.18. The number of hydrogen-bond acceptors (Lipinski definition) is 3. The molecule has 2 unspecified atom stereocenters. The van der Waals surface area contributed by atoms with Gasteiger partial charge in [0.2, 0.25) is 0 Å². The Hall–Kier alpha value is -0.180. The highest BCUT2D eigenvalue weighted by Gasteiger charge is 2.29. The summed E-state index contributed by atoms with van der Waals surface area (Å²) in [7, 11) is 0. The van der Waals surface area contributed by atoms with Crippen molar-refractivity contribution in [2.24, 2.45) is 5.92 Å². The van der Waals surface area contributed by atoms with Crippen molar-refractivity contribution < 1.29 is 9.53 Å². The van der Waals surface area contributed by atoms with E-state index in [4.69, 9.17) is 0 Å². The Bertz CT molecular complexity index is 113. The van der Waals surface area contributed by atoms with Gasteiger partial charge in [0.25, 0.3) is 0 Å². The Morgan fingerprint density at radius 3 is 2.62 bits per heavy atom. The zero-order valence-corrected chi connectivity index (χ0v) is 5.52. The van der Waals surface area contributed by atoms with Crippen LogP contribution in [0.3, 0.4) is 0 Å². The average molecular weight is 132 g/mol. The normalized spacial score (nSPS) is 37.5. The maximum Gasteiger partial charge on any atom is 0.309 e. The Morgan fingerprint density at radius 1 is 1.88 bits per heavy atom. The molecule has 3 heteroatoms. The Labute approximate surface area is 53.6 Å². The van der Waals surface area contributed by atoms with Crippen molar-refractivity contribution >= 4 is 18.6 Å². The van der Waals surface area contributed by atoms with Gasteiger partial charge < -0.3 is 4.74 Å². The molecule has 1 saturated heterocycles. The van der Waals surface area contributed by atoms with Crippen molar-refractivity contribution in [1.29, 1.82) is 0 Å². The first-order chi connectivity index (χ1) is 3.72. The van der Waals surface area contributed by atoms with Crippen molar-refractivity contribution in [2.45, 2.75) is 12.2 Å². The zero-order valence-electron chi connectivity index (χ0n) is 4.63. The van der Waals surface area contributed by atoms with Gasteiger partial charge in [-0.2, -0.15) is 12.6 Å². The molecule has 0 spiro atoms. The number of esters is 1. The monoisotopic (exact) mass is 132 g/mol. The van der Waals surface area contributed by atoms with Crippen LogP contribution < -0.4 is 0 Å². The molecule has 1 heterocycles. The van der Waals surface area contributed by atoms with E-state index in [1.165, 1.54) is 0 Å². The molecule has 0 radical (unpaired) electrons. The van der Waals surface area contributed by atoms with E-state index in [0.717, 1.165) is 0 Å². The molecule has 1 aliphatic heterocycles. The highest BCUT2D eigenvalue weighted by atomic mass is 32.1. The number of hydrogen-bond donors (Lipinski definition) is 1. The quantitative estimate of drug-likeness (QED) is 0.383. The standard InChI is InChI=1S/C5H8O2S/c1-3-4(8)2-7-5(3)6/h3-4,8H,2H2,1H3. The Balaban J connectivity index is 2.56. The lowest BCUT2D eigenvalue weighted by atomic mass is 10.1. The molecule has 0 amide bonds. The van der Waals surface area contributed by atoms with Gasteiger partial charge in [0, 0.05) is 5.25 Å². The van der Waals surface area contributed by atoms with E-state index in [-0.39, 0.29) is 17.1 Å². The molecule has 0 aromatic heterocycles. The summed E-state index contributed by atoms with van der Waals surface area (Å²) in [5, 5.41) is 0.113. The number of carbonyl (C=O) groups is 1. The highest BCUT2D eigenvalue weighted by molar-refractivity contribution is 7.81. The lowest BCUT2D eigenvalue weighted by Gasteiger charge is -1.97. The molecule has 2 nitrogen and oxygen atoms in total. The van der Waals surface area contributed by atoms with Crippen LogP contribution in [0.15, 0.2) is 0 Å². The Morgan fingerprint density at radius 2 is 2.50 bits per heavy atom. The van der Waals surface area contributed by atoms with Crippen LogP contribution in [0, 0.1) is 5.92 Å². The molecule has 46 valence electrons. The van der Waals surface area contributed by atoms with Crippen molar-refractivity contribution in [1.82, 2.24) is 0 Å². The fraction of sp³-hybridized carbons (Fsp3) is 0.800. The number of thiol groups is 1. The molecule has 8 heavy (non-hydrogen) atoms. The van der Waals surface area contributed by atoms with Crippen LogP contribution in [0.5, 0.6) is 0 Å². The van der Waals surface area contributed by atoms with E-state index in [0.29, 0.717) is 6.61 Å². The summed E-state index contributed by atoms with van der Waals surface area (Å²) in [5.74, 6) is -0.136. The molecule has 0 aliphatic carbocycles. The molecule has 0 aromatic rings. The molecule has 1 aliphatic rings. The van der Waals surface area contributed by atoms with Gasteiger partial charge in [-0.25, -0.2) is 0 Å². The average Bonchev–Trinajstić information content (AvgIpc) is 1.98. The second kappa shape index (κ2) is 1.97. The van der Waals surface area contributed by atoms with E-state index >= 15 is 0 Å². The van der Waals surface area contributed by atoms with Crippen LogP contribution in [0.4, 0.5) is 0 Å². The molecule has 0 saturated carbocycles. The van der Waals surface area contributed by atoms with E-state index in [2.05, 4.69) is 17.4 Å². The summed E-state index contributed by atoms with van der Waals surface area (Å²) in [4.78, 5) is 10.5. The van der Waals surface area contributed by atoms with Crippen molar-refractivity contribution in [3.8, 4) is 0 Å². The molecule has 0 aromatic carbocycles. The van der Waals surface area contributed by atoms with E-state index in [1.807, 2.05) is 6.92 Å². The summed E-state index contributed by atoms with van der Waals surface area (Å²) in [5.41, 5.74) is 0. The van der Waals surface area contributed by atoms with Gasteiger partial charge in [0.1, 0.15) is 6.61 Å². The van der Waals surface area contributed by atoms with E-state index < -0.39 is 0 Å². The fourth-order valence-electron chi connectivity index (χ4n) is 0.600. The van der Waals surface area contributed by atoms with Crippen molar-refractivity contribution in [3.63, 3.8) is 0 Å². The van der Waals surface area contributed by atoms with Crippen LogP contribution in [-0.2, 0) is 9.53 Å². The van der Waals surface area contributed by atoms with Gasteiger partial charge in [-0.1, -0.05) is 6.92 Å². The molecule has 2 atom stereocenters. The maximum absolute atomic E-state index is 10.5. The van der Waals surface area contributed by atoms with Crippen LogP contribution in [-0.4, -0.2) is 17.8 Å². The van der Waals surface area contributed by atoms with E-state index in [9.17, 15) is 4.79 Å². The number of ether oxygens (including phenoxy) is 1. The van der Waals surface area contributed by atoms with E-state index in [1.54, 1.807) is 0 Å². The van der Waals surface area contributed by atoms with Crippen LogP contribution in [0.2, 0.25) is 0 Å². The number of carbonyl (C=O) groups excluding carboxylic acids is 1. The molecule has 0 N–H and O–H groups in total. The first-order valence-electron chi connectivity index (χ1n) is 2.56. The molecular weight excluding hydrogens is 124 g/mol. The SMILES string of the molecule is CC1C(=O)OCC1S. The third kappa shape index (κ3) is 0.823. The minimum atomic E-state index is -0.120. The first kappa shape index (κ1) is 5.95. The van der Waals surface area contributed by atoms with Crippen LogP contribution >= 0.6 is 12.6 Å². The Kier molecular flexibility index (Phi) is 1.47. The zero-order chi connectivity index (χ0) is 6.15. The summed E-state index contributed by atoms with van der Waals surface area (Å²) >= 11 is 4.10. The molecule has 1 fully saturated rings. The number of rotatable bonds is 0. The molecule has 0 bridgehead atoms. The minimum Gasteiger partial charge on any atom is -0.464 e. The maximum atomic E-state index is 10.5. The van der Waals surface area contributed by atoms with Gasteiger partial charge in [-0.15, -0.1) is 0 Å². The third-order valence-corrected chi connectivity index (χ3v) is 1.94.